The van der Waals surface area contributed by atoms with Crippen LogP contribution in [0.4, 0.5) is 5.13 Å². The Morgan fingerprint density at radius 3 is 2.89 bits per heavy atom. The maximum Gasteiger partial charge on any atom is 0.266 e. The molecule has 1 saturated heterocycles. The van der Waals surface area contributed by atoms with Crippen LogP contribution in [0.15, 0.2) is 46.7 Å². The molecule has 5 nitrogen and oxygen atoms in total. The minimum atomic E-state index is -0.112. The van der Waals surface area contributed by atoms with Gasteiger partial charge in [0.2, 0.25) is 5.91 Å². The predicted octanol–water partition coefficient (Wildman–Crippen LogP) is 4.98. The van der Waals surface area contributed by atoms with Crippen molar-refractivity contribution in [1.82, 2.24) is 9.88 Å². The molecular weight excluding hydrogens is 430 g/mol. The number of benzene rings is 1. The average Bonchev–Trinajstić information content (AvgIpc) is 3.37. The number of fused-ring (bicyclic) bond motifs is 1. The van der Waals surface area contributed by atoms with Gasteiger partial charge in [0.15, 0.2) is 5.13 Å². The summed E-state index contributed by atoms with van der Waals surface area (Å²) >= 11 is 9.67. The Kier molecular flexibility index (Phi) is 5.86. The van der Waals surface area contributed by atoms with Gasteiger partial charge in [0.1, 0.15) is 4.32 Å². The third-order valence-electron chi connectivity index (χ3n) is 4.02. The Morgan fingerprint density at radius 1 is 1.25 bits per heavy atom. The van der Waals surface area contributed by atoms with Crippen molar-refractivity contribution >= 4 is 84.2 Å². The van der Waals surface area contributed by atoms with Crippen LogP contribution in [0, 0.1) is 0 Å². The fourth-order valence-corrected chi connectivity index (χ4v) is 5.61. The lowest BCUT2D eigenvalue weighted by atomic mass is 10.2. The SMILES string of the molecule is O=C(CCCN1C(=O)/C(=C/c2cccs2)SC1=S)Nc1nc2ccccc2s1. The van der Waals surface area contributed by atoms with Gasteiger partial charge >= 0.3 is 0 Å². The lowest BCUT2D eigenvalue weighted by Crippen LogP contribution is -2.29. The second-order valence-electron chi connectivity index (χ2n) is 5.99. The Hall–Kier alpha value is -2.07. The van der Waals surface area contributed by atoms with Gasteiger partial charge in [0.25, 0.3) is 5.91 Å². The van der Waals surface area contributed by atoms with E-state index < -0.39 is 0 Å². The fourth-order valence-electron chi connectivity index (χ4n) is 2.70. The number of amides is 2. The fraction of sp³-hybridized carbons (Fsp3) is 0.158. The van der Waals surface area contributed by atoms with Crippen LogP contribution in [0.3, 0.4) is 0 Å². The van der Waals surface area contributed by atoms with Crippen molar-refractivity contribution in [3.63, 3.8) is 0 Å². The normalized spacial score (nSPS) is 15.7. The minimum Gasteiger partial charge on any atom is -0.302 e. The van der Waals surface area contributed by atoms with Crippen LogP contribution in [0.25, 0.3) is 16.3 Å². The number of carbonyl (C=O) groups excluding carboxylic acids is 2. The van der Waals surface area contributed by atoms with E-state index in [1.54, 1.807) is 16.2 Å². The topological polar surface area (TPSA) is 62.3 Å². The second-order valence-corrected chi connectivity index (χ2v) is 9.67. The third-order valence-corrected chi connectivity index (χ3v) is 7.16. The van der Waals surface area contributed by atoms with Crippen molar-refractivity contribution in [2.24, 2.45) is 0 Å². The Balaban J connectivity index is 1.30. The minimum absolute atomic E-state index is 0.0880. The molecule has 142 valence electrons. The molecule has 1 aliphatic heterocycles. The number of thioether (sulfide) groups is 1. The van der Waals surface area contributed by atoms with Gasteiger partial charge in [-0.25, -0.2) is 4.98 Å². The van der Waals surface area contributed by atoms with Gasteiger partial charge < -0.3 is 5.32 Å². The van der Waals surface area contributed by atoms with Crippen LogP contribution >= 0.6 is 46.7 Å². The first kappa shape index (κ1) is 19.3. The number of carbonyl (C=O) groups is 2. The Labute approximate surface area is 179 Å². The van der Waals surface area contributed by atoms with Gasteiger partial charge in [0, 0.05) is 17.8 Å². The van der Waals surface area contributed by atoms with E-state index in [1.807, 2.05) is 47.9 Å². The number of nitrogens with one attached hydrogen (secondary N) is 1. The van der Waals surface area contributed by atoms with Crippen molar-refractivity contribution in [2.45, 2.75) is 12.8 Å². The second kappa shape index (κ2) is 8.52. The van der Waals surface area contributed by atoms with E-state index in [-0.39, 0.29) is 11.8 Å². The quantitative estimate of drug-likeness (QED) is 0.428. The Morgan fingerprint density at radius 2 is 2.11 bits per heavy atom. The zero-order chi connectivity index (χ0) is 19.5. The molecular formula is C19H15N3O2S4. The van der Waals surface area contributed by atoms with Gasteiger partial charge in [-0.05, 0) is 36.1 Å². The molecule has 3 aromatic rings. The molecule has 3 heterocycles. The molecule has 2 aromatic heterocycles. The average molecular weight is 446 g/mol. The van der Waals surface area contributed by atoms with Crippen LogP contribution in [0.1, 0.15) is 17.7 Å². The lowest BCUT2D eigenvalue weighted by Gasteiger charge is -2.13. The number of nitrogens with zero attached hydrogens (tertiary/aromatic N) is 2. The molecule has 4 rings (SSSR count). The third kappa shape index (κ3) is 4.33. The van der Waals surface area contributed by atoms with E-state index in [0.29, 0.717) is 33.7 Å². The molecule has 9 heteroatoms. The van der Waals surface area contributed by atoms with Crippen LogP contribution < -0.4 is 5.32 Å². The van der Waals surface area contributed by atoms with Crippen molar-refractivity contribution in [2.75, 3.05) is 11.9 Å². The molecule has 0 aliphatic carbocycles. The molecule has 1 aromatic carbocycles. The molecule has 2 amide bonds. The highest BCUT2D eigenvalue weighted by Crippen LogP contribution is 2.33. The van der Waals surface area contributed by atoms with Gasteiger partial charge in [-0.3, -0.25) is 14.5 Å². The van der Waals surface area contributed by atoms with Crippen LogP contribution in [0.2, 0.25) is 0 Å². The van der Waals surface area contributed by atoms with Crippen LogP contribution in [-0.2, 0) is 9.59 Å². The lowest BCUT2D eigenvalue weighted by molar-refractivity contribution is -0.122. The number of hydrogen-bond acceptors (Lipinski definition) is 7. The number of aromatic nitrogens is 1. The summed E-state index contributed by atoms with van der Waals surface area (Å²) < 4.78 is 1.58. The van der Waals surface area contributed by atoms with E-state index in [1.165, 1.54) is 23.1 Å². The number of hydrogen-bond donors (Lipinski definition) is 1. The zero-order valence-electron chi connectivity index (χ0n) is 14.6. The van der Waals surface area contributed by atoms with Crippen LogP contribution in [-0.4, -0.2) is 32.6 Å². The molecule has 0 atom stereocenters. The van der Waals surface area contributed by atoms with E-state index in [4.69, 9.17) is 12.2 Å². The van der Waals surface area contributed by atoms with Gasteiger partial charge in [-0.1, -0.05) is 53.5 Å². The first-order chi connectivity index (χ1) is 13.6. The number of thiocarbonyl (C=S) groups is 1. The summed E-state index contributed by atoms with van der Waals surface area (Å²) in [5.41, 5.74) is 0.873. The summed E-state index contributed by atoms with van der Waals surface area (Å²) in [6.45, 7) is 0.430. The van der Waals surface area contributed by atoms with Crippen molar-refractivity contribution in [1.29, 1.82) is 0 Å². The molecule has 0 spiro atoms. The van der Waals surface area contributed by atoms with Gasteiger partial charge in [-0.2, -0.15) is 0 Å². The first-order valence-electron chi connectivity index (χ1n) is 8.54. The molecule has 0 bridgehead atoms. The van der Waals surface area contributed by atoms with Crippen molar-refractivity contribution in [3.8, 4) is 0 Å². The molecule has 0 unspecified atom stereocenters. The molecule has 0 radical (unpaired) electrons. The number of anilines is 1. The van der Waals surface area contributed by atoms with E-state index in [9.17, 15) is 9.59 Å². The monoisotopic (exact) mass is 445 g/mol. The highest BCUT2D eigenvalue weighted by Gasteiger charge is 2.31. The Bertz CT molecular complexity index is 1040. The summed E-state index contributed by atoms with van der Waals surface area (Å²) in [5, 5.41) is 5.40. The smallest absolute Gasteiger partial charge is 0.266 e. The number of thiophene rings is 1. The molecule has 1 fully saturated rings. The van der Waals surface area contributed by atoms with E-state index >= 15 is 0 Å². The summed E-state index contributed by atoms with van der Waals surface area (Å²) in [6.07, 6.45) is 2.70. The van der Waals surface area contributed by atoms with E-state index in [0.717, 1.165) is 15.1 Å². The highest BCUT2D eigenvalue weighted by molar-refractivity contribution is 8.26. The predicted molar refractivity (Wildman–Crippen MR) is 122 cm³/mol. The number of thiazole rings is 1. The van der Waals surface area contributed by atoms with Gasteiger partial charge in [0.05, 0.1) is 15.1 Å². The molecule has 1 N–H and O–H groups in total. The van der Waals surface area contributed by atoms with E-state index in [2.05, 4.69) is 10.3 Å². The first-order valence-corrected chi connectivity index (χ1v) is 11.5. The number of rotatable bonds is 6. The van der Waals surface area contributed by atoms with Crippen molar-refractivity contribution in [3.05, 3.63) is 51.6 Å². The highest BCUT2D eigenvalue weighted by atomic mass is 32.2. The summed E-state index contributed by atoms with van der Waals surface area (Å²) in [4.78, 5) is 32.4. The zero-order valence-corrected chi connectivity index (χ0v) is 17.9. The maximum absolute atomic E-state index is 12.6. The van der Waals surface area contributed by atoms with Crippen molar-refractivity contribution < 1.29 is 9.59 Å². The largest absolute Gasteiger partial charge is 0.302 e. The standard InChI is InChI=1S/C19H15N3O2S4/c23-16(21-18-20-13-6-1-2-7-14(13)27-18)8-3-9-22-17(24)15(28-19(22)25)11-12-5-4-10-26-12/h1-2,4-7,10-11H,3,8-9H2,(H,20,21,23)/b15-11-. The summed E-state index contributed by atoms with van der Waals surface area (Å²) in [7, 11) is 0. The number of para-hydroxylation sites is 1. The van der Waals surface area contributed by atoms with Crippen LogP contribution in [0.5, 0.6) is 0 Å². The molecule has 0 saturated carbocycles. The summed E-state index contributed by atoms with van der Waals surface area (Å²) in [5.74, 6) is -0.200. The molecule has 28 heavy (non-hydrogen) atoms. The summed E-state index contributed by atoms with van der Waals surface area (Å²) in [6, 6.07) is 11.7. The molecule has 1 aliphatic rings. The maximum atomic E-state index is 12.6. The van der Waals surface area contributed by atoms with Gasteiger partial charge in [-0.15, -0.1) is 11.3 Å².